The zero-order valence-electron chi connectivity index (χ0n) is 10.1. The summed E-state index contributed by atoms with van der Waals surface area (Å²) in [5.41, 5.74) is 0. The van der Waals surface area contributed by atoms with E-state index in [1.54, 1.807) is 12.1 Å². The van der Waals surface area contributed by atoms with Gasteiger partial charge in [-0.05, 0) is 18.2 Å². The zero-order chi connectivity index (χ0) is 14.1. The summed E-state index contributed by atoms with van der Waals surface area (Å²) in [6, 6.07) is 12.0. The highest BCUT2D eigenvalue weighted by Crippen LogP contribution is 2.34. The lowest BCUT2D eigenvalue weighted by Gasteiger charge is -2.09. The van der Waals surface area contributed by atoms with Crippen LogP contribution in [0.1, 0.15) is 0 Å². The van der Waals surface area contributed by atoms with E-state index in [1.165, 1.54) is 6.20 Å². The Bertz CT molecular complexity index is 792. The summed E-state index contributed by atoms with van der Waals surface area (Å²) in [5.74, 6) is -0.253. The first kappa shape index (κ1) is 13.2. The van der Waals surface area contributed by atoms with Gasteiger partial charge in [0.2, 0.25) is 0 Å². The van der Waals surface area contributed by atoms with Crippen LogP contribution in [0.2, 0.25) is 10.0 Å². The minimum atomic E-state index is -0.614. The number of ether oxygens (including phenoxy) is 1. The van der Waals surface area contributed by atoms with Crippen molar-refractivity contribution in [1.82, 2.24) is 4.98 Å². The highest BCUT2D eigenvalue weighted by molar-refractivity contribution is 6.35. The van der Waals surface area contributed by atoms with Crippen molar-refractivity contribution in [3.05, 3.63) is 64.5 Å². The van der Waals surface area contributed by atoms with E-state index in [0.717, 1.165) is 16.8 Å². The average Bonchev–Trinajstić information content (AvgIpc) is 2.45. The Hall–Kier alpha value is -1.84. The van der Waals surface area contributed by atoms with Gasteiger partial charge < -0.3 is 4.74 Å². The number of pyridine rings is 1. The molecule has 0 unspecified atom stereocenters. The van der Waals surface area contributed by atoms with Gasteiger partial charge in [0, 0.05) is 22.0 Å². The maximum absolute atomic E-state index is 13.7. The monoisotopic (exact) mass is 307 g/mol. The lowest BCUT2D eigenvalue weighted by Crippen LogP contribution is -1.92. The van der Waals surface area contributed by atoms with Crippen molar-refractivity contribution < 1.29 is 9.13 Å². The third kappa shape index (κ3) is 2.42. The summed E-state index contributed by atoms with van der Waals surface area (Å²) in [5, 5.41) is 2.45. The molecule has 0 N–H and O–H groups in total. The zero-order valence-corrected chi connectivity index (χ0v) is 11.6. The van der Waals surface area contributed by atoms with E-state index in [-0.39, 0.29) is 10.9 Å². The van der Waals surface area contributed by atoms with Gasteiger partial charge in [-0.15, -0.1) is 0 Å². The Kier molecular flexibility index (Phi) is 3.47. The van der Waals surface area contributed by atoms with Crippen LogP contribution < -0.4 is 4.74 Å². The molecule has 1 aromatic heterocycles. The second-order valence-corrected chi connectivity index (χ2v) is 4.98. The van der Waals surface area contributed by atoms with Crippen LogP contribution in [-0.2, 0) is 0 Å². The Morgan fingerprint density at radius 2 is 1.75 bits per heavy atom. The normalized spacial score (nSPS) is 10.8. The van der Waals surface area contributed by atoms with Crippen molar-refractivity contribution in [2.75, 3.05) is 0 Å². The number of fused-ring (bicyclic) bond motifs is 1. The number of halogens is 3. The highest BCUT2D eigenvalue weighted by Gasteiger charge is 2.11. The first-order chi connectivity index (χ1) is 9.65. The van der Waals surface area contributed by atoms with Gasteiger partial charge in [0.15, 0.2) is 5.82 Å². The molecule has 1 heterocycles. The number of aromatic nitrogens is 1. The minimum absolute atomic E-state index is 0.123. The maximum Gasteiger partial charge on any atom is 0.255 e. The molecule has 0 spiro atoms. The van der Waals surface area contributed by atoms with Gasteiger partial charge in [0.1, 0.15) is 5.75 Å². The topological polar surface area (TPSA) is 22.1 Å². The largest absolute Gasteiger partial charge is 0.436 e. The van der Waals surface area contributed by atoms with E-state index in [1.807, 2.05) is 24.3 Å². The Balaban J connectivity index is 2.09. The second kappa shape index (κ2) is 5.27. The van der Waals surface area contributed by atoms with Crippen LogP contribution in [-0.4, -0.2) is 4.98 Å². The summed E-state index contributed by atoms with van der Waals surface area (Å²) >= 11 is 11.8. The number of rotatable bonds is 2. The number of benzene rings is 2. The Labute approximate surface area is 124 Å². The summed E-state index contributed by atoms with van der Waals surface area (Å²) < 4.78 is 19.2. The van der Waals surface area contributed by atoms with Gasteiger partial charge in [-0.25, -0.2) is 9.37 Å². The number of nitrogens with zero attached hydrogens (tertiary/aromatic N) is 1. The van der Waals surface area contributed by atoms with Crippen LogP contribution in [0.15, 0.2) is 48.7 Å². The van der Waals surface area contributed by atoms with Crippen LogP contribution in [0.3, 0.4) is 0 Å². The fourth-order valence-electron chi connectivity index (χ4n) is 1.90. The van der Waals surface area contributed by atoms with E-state index in [2.05, 4.69) is 4.98 Å². The van der Waals surface area contributed by atoms with Crippen LogP contribution >= 0.6 is 23.2 Å². The summed E-state index contributed by atoms with van der Waals surface area (Å²) in [4.78, 5) is 3.84. The van der Waals surface area contributed by atoms with E-state index in [9.17, 15) is 4.39 Å². The fourth-order valence-corrected chi connectivity index (χ4v) is 2.28. The van der Waals surface area contributed by atoms with E-state index < -0.39 is 5.82 Å². The summed E-state index contributed by atoms with van der Waals surface area (Å²) in [7, 11) is 0. The predicted molar refractivity (Wildman–Crippen MR) is 78.2 cm³/mol. The van der Waals surface area contributed by atoms with Gasteiger partial charge in [-0.1, -0.05) is 47.5 Å². The number of hydrogen-bond donors (Lipinski definition) is 0. The quantitative estimate of drug-likeness (QED) is 0.626. The van der Waals surface area contributed by atoms with Crippen molar-refractivity contribution in [3.8, 4) is 11.6 Å². The van der Waals surface area contributed by atoms with E-state index in [4.69, 9.17) is 27.9 Å². The van der Waals surface area contributed by atoms with Crippen molar-refractivity contribution in [1.29, 1.82) is 0 Å². The standard InChI is InChI=1S/C15H8Cl2FNO/c16-9-7-13(18)15(19-8-9)20-14-6-5-12(17)10-3-1-2-4-11(10)14/h1-8H. The lowest BCUT2D eigenvalue weighted by molar-refractivity contribution is 0.427. The van der Waals surface area contributed by atoms with E-state index >= 15 is 0 Å². The Morgan fingerprint density at radius 3 is 2.50 bits per heavy atom. The van der Waals surface area contributed by atoms with Gasteiger partial charge in [0.25, 0.3) is 5.88 Å². The third-order valence-electron chi connectivity index (χ3n) is 2.81. The number of hydrogen-bond acceptors (Lipinski definition) is 2. The van der Waals surface area contributed by atoms with Gasteiger partial charge in [-0.3, -0.25) is 0 Å². The van der Waals surface area contributed by atoms with Crippen LogP contribution in [0.25, 0.3) is 10.8 Å². The molecule has 0 saturated heterocycles. The molecule has 3 aromatic rings. The maximum atomic E-state index is 13.7. The van der Waals surface area contributed by atoms with Gasteiger partial charge in [-0.2, -0.15) is 0 Å². The Morgan fingerprint density at radius 1 is 1.00 bits per heavy atom. The van der Waals surface area contributed by atoms with Crippen LogP contribution in [0, 0.1) is 5.82 Å². The van der Waals surface area contributed by atoms with Crippen molar-refractivity contribution in [3.63, 3.8) is 0 Å². The summed E-state index contributed by atoms with van der Waals surface area (Å²) in [6.07, 6.45) is 1.33. The molecule has 20 heavy (non-hydrogen) atoms. The van der Waals surface area contributed by atoms with Crippen LogP contribution in [0.4, 0.5) is 4.39 Å². The molecule has 2 nitrogen and oxygen atoms in total. The van der Waals surface area contributed by atoms with Gasteiger partial charge in [0.05, 0.1) is 5.02 Å². The van der Waals surface area contributed by atoms with Crippen molar-refractivity contribution in [2.24, 2.45) is 0 Å². The molecular formula is C15H8Cl2FNO. The molecular weight excluding hydrogens is 300 g/mol. The van der Waals surface area contributed by atoms with Gasteiger partial charge >= 0.3 is 0 Å². The summed E-state index contributed by atoms with van der Waals surface area (Å²) in [6.45, 7) is 0. The van der Waals surface area contributed by atoms with Crippen molar-refractivity contribution >= 4 is 34.0 Å². The fraction of sp³-hybridized carbons (Fsp3) is 0. The molecule has 0 aliphatic rings. The lowest BCUT2D eigenvalue weighted by atomic mass is 10.1. The molecule has 5 heteroatoms. The molecule has 2 aromatic carbocycles. The average molecular weight is 308 g/mol. The second-order valence-electron chi connectivity index (χ2n) is 4.13. The molecule has 0 saturated carbocycles. The molecule has 0 fully saturated rings. The smallest absolute Gasteiger partial charge is 0.255 e. The molecule has 3 rings (SSSR count). The molecule has 100 valence electrons. The minimum Gasteiger partial charge on any atom is -0.436 e. The first-order valence-electron chi connectivity index (χ1n) is 5.81. The molecule has 0 bridgehead atoms. The molecule has 0 aliphatic heterocycles. The van der Waals surface area contributed by atoms with Crippen molar-refractivity contribution in [2.45, 2.75) is 0 Å². The molecule has 0 radical (unpaired) electrons. The first-order valence-corrected chi connectivity index (χ1v) is 6.57. The van der Waals surface area contributed by atoms with Crippen LogP contribution in [0.5, 0.6) is 11.6 Å². The predicted octanol–water partition coefficient (Wildman–Crippen LogP) is 5.47. The molecule has 0 amide bonds. The van der Waals surface area contributed by atoms with E-state index in [0.29, 0.717) is 10.8 Å². The highest BCUT2D eigenvalue weighted by atomic mass is 35.5. The SMILES string of the molecule is Fc1cc(Cl)cnc1Oc1ccc(Cl)c2ccccc12. The molecule has 0 aliphatic carbocycles. The third-order valence-corrected chi connectivity index (χ3v) is 3.35. The molecule has 0 atom stereocenters.